The van der Waals surface area contributed by atoms with Crippen molar-refractivity contribution < 1.29 is 4.74 Å². The molecular formula is C14H21ClN2O. The van der Waals surface area contributed by atoms with Crippen molar-refractivity contribution in [2.24, 2.45) is 5.84 Å². The number of benzene rings is 1. The molecule has 0 spiro atoms. The third-order valence-corrected chi connectivity index (χ3v) is 3.77. The van der Waals surface area contributed by atoms with Crippen LogP contribution in [0.3, 0.4) is 0 Å². The van der Waals surface area contributed by atoms with Gasteiger partial charge in [-0.05, 0) is 49.8 Å². The number of nitrogens with two attached hydrogens (primary N) is 1. The highest BCUT2D eigenvalue weighted by atomic mass is 35.5. The van der Waals surface area contributed by atoms with Crippen molar-refractivity contribution in [1.82, 2.24) is 5.43 Å². The molecule has 0 aromatic heterocycles. The van der Waals surface area contributed by atoms with Crippen LogP contribution in [-0.4, -0.2) is 12.7 Å². The maximum atomic E-state index is 5.88. The Morgan fingerprint density at radius 2 is 2.17 bits per heavy atom. The molecule has 1 aromatic carbocycles. The van der Waals surface area contributed by atoms with Crippen LogP contribution in [0.2, 0.25) is 5.02 Å². The van der Waals surface area contributed by atoms with E-state index in [-0.39, 0.29) is 6.04 Å². The molecule has 0 aliphatic carbocycles. The van der Waals surface area contributed by atoms with Crippen molar-refractivity contribution in [2.45, 2.75) is 44.2 Å². The van der Waals surface area contributed by atoms with Gasteiger partial charge in [0.15, 0.2) is 0 Å². The Hall–Kier alpha value is -0.610. The van der Waals surface area contributed by atoms with E-state index in [0.717, 1.165) is 30.9 Å². The van der Waals surface area contributed by atoms with Crippen LogP contribution in [0.15, 0.2) is 24.3 Å². The fourth-order valence-electron chi connectivity index (χ4n) is 2.46. The van der Waals surface area contributed by atoms with Crippen molar-refractivity contribution >= 4 is 11.6 Å². The van der Waals surface area contributed by atoms with Gasteiger partial charge in [-0.1, -0.05) is 23.7 Å². The minimum atomic E-state index is 0.198. The summed E-state index contributed by atoms with van der Waals surface area (Å²) in [6.07, 6.45) is 6.17. The molecule has 0 amide bonds. The van der Waals surface area contributed by atoms with E-state index >= 15 is 0 Å². The maximum Gasteiger partial charge on any atom is 0.0576 e. The predicted octanol–water partition coefficient (Wildman–Crippen LogP) is 3.19. The molecule has 1 aliphatic rings. The molecule has 3 N–H and O–H groups in total. The maximum absolute atomic E-state index is 5.88. The summed E-state index contributed by atoms with van der Waals surface area (Å²) < 4.78 is 5.62. The molecule has 2 atom stereocenters. The summed E-state index contributed by atoms with van der Waals surface area (Å²) in [6, 6.07) is 8.06. The molecule has 1 heterocycles. The van der Waals surface area contributed by atoms with Crippen LogP contribution in [0.1, 0.15) is 43.7 Å². The highest BCUT2D eigenvalue weighted by Crippen LogP contribution is 2.23. The molecule has 18 heavy (non-hydrogen) atoms. The Morgan fingerprint density at radius 1 is 1.39 bits per heavy atom. The fourth-order valence-corrected chi connectivity index (χ4v) is 2.59. The summed E-state index contributed by atoms with van der Waals surface area (Å²) in [5, 5.41) is 0.758. The quantitative estimate of drug-likeness (QED) is 0.615. The van der Waals surface area contributed by atoms with Crippen LogP contribution in [0.25, 0.3) is 0 Å². The Morgan fingerprint density at radius 3 is 2.78 bits per heavy atom. The molecule has 100 valence electrons. The SMILES string of the molecule is NNC(CCCC1CCCO1)c1ccc(Cl)cc1. The van der Waals surface area contributed by atoms with E-state index in [2.05, 4.69) is 5.43 Å². The summed E-state index contributed by atoms with van der Waals surface area (Å²) in [6.45, 7) is 0.931. The third kappa shape index (κ3) is 3.95. The topological polar surface area (TPSA) is 47.3 Å². The van der Waals surface area contributed by atoms with Gasteiger partial charge in [0.1, 0.15) is 0 Å². The largest absolute Gasteiger partial charge is 0.378 e. The van der Waals surface area contributed by atoms with Crippen LogP contribution in [-0.2, 0) is 4.74 Å². The second kappa shape index (κ2) is 7.10. The zero-order chi connectivity index (χ0) is 12.8. The third-order valence-electron chi connectivity index (χ3n) is 3.52. The van der Waals surface area contributed by atoms with E-state index in [9.17, 15) is 0 Å². The Balaban J connectivity index is 1.79. The van der Waals surface area contributed by atoms with Crippen molar-refractivity contribution in [2.75, 3.05) is 6.61 Å². The van der Waals surface area contributed by atoms with Crippen LogP contribution < -0.4 is 11.3 Å². The highest BCUT2D eigenvalue weighted by Gasteiger charge is 2.16. The van der Waals surface area contributed by atoms with Crippen LogP contribution >= 0.6 is 11.6 Å². The minimum Gasteiger partial charge on any atom is -0.378 e. The second-order valence-electron chi connectivity index (χ2n) is 4.84. The minimum absolute atomic E-state index is 0.198. The van der Waals surface area contributed by atoms with Gasteiger partial charge in [-0.3, -0.25) is 11.3 Å². The summed E-state index contributed by atoms with van der Waals surface area (Å²) in [4.78, 5) is 0. The highest BCUT2D eigenvalue weighted by molar-refractivity contribution is 6.30. The monoisotopic (exact) mass is 268 g/mol. The normalized spacial score (nSPS) is 21.1. The van der Waals surface area contributed by atoms with Crippen LogP contribution in [0, 0.1) is 0 Å². The average Bonchev–Trinajstić information content (AvgIpc) is 2.89. The van der Waals surface area contributed by atoms with E-state index in [0.29, 0.717) is 6.10 Å². The Kier molecular flexibility index (Phi) is 5.45. The van der Waals surface area contributed by atoms with Gasteiger partial charge in [0, 0.05) is 17.7 Å². The molecule has 2 rings (SSSR count). The molecule has 0 saturated carbocycles. The molecule has 1 aromatic rings. The van der Waals surface area contributed by atoms with Gasteiger partial charge < -0.3 is 4.74 Å². The summed E-state index contributed by atoms with van der Waals surface area (Å²) in [5.41, 5.74) is 4.07. The molecular weight excluding hydrogens is 248 g/mol. The molecule has 1 saturated heterocycles. The number of halogens is 1. The lowest BCUT2D eigenvalue weighted by Crippen LogP contribution is -2.28. The van der Waals surface area contributed by atoms with Crippen molar-refractivity contribution in [3.8, 4) is 0 Å². The van der Waals surface area contributed by atoms with E-state index in [1.165, 1.54) is 18.4 Å². The summed E-state index contributed by atoms with van der Waals surface area (Å²) >= 11 is 5.88. The van der Waals surface area contributed by atoms with Crippen molar-refractivity contribution in [3.63, 3.8) is 0 Å². The van der Waals surface area contributed by atoms with E-state index < -0.39 is 0 Å². The predicted molar refractivity (Wildman–Crippen MR) is 74.3 cm³/mol. The first-order valence-corrected chi connectivity index (χ1v) is 7.00. The Bertz CT molecular complexity index is 349. The lowest BCUT2D eigenvalue weighted by molar-refractivity contribution is 0.101. The summed E-state index contributed by atoms with van der Waals surface area (Å²) in [7, 11) is 0. The van der Waals surface area contributed by atoms with Gasteiger partial charge >= 0.3 is 0 Å². The van der Waals surface area contributed by atoms with Gasteiger partial charge in [-0.25, -0.2) is 0 Å². The molecule has 4 heteroatoms. The summed E-state index contributed by atoms with van der Waals surface area (Å²) in [5.74, 6) is 5.62. The van der Waals surface area contributed by atoms with Gasteiger partial charge in [0.2, 0.25) is 0 Å². The smallest absolute Gasteiger partial charge is 0.0576 e. The van der Waals surface area contributed by atoms with E-state index in [1.807, 2.05) is 24.3 Å². The number of hydrogen-bond acceptors (Lipinski definition) is 3. The van der Waals surface area contributed by atoms with Gasteiger partial charge in [0.05, 0.1) is 6.10 Å². The zero-order valence-corrected chi connectivity index (χ0v) is 11.3. The molecule has 2 unspecified atom stereocenters. The fraction of sp³-hybridized carbons (Fsp3) is 0.571. The number of hydrazine groups is 1. The van der Waals surface area contributed by atoms with E-state index in [1.54, 1.807) is 0 Å². The standard InChI is InChI=1S/C14H21ClN2O/c15-12-8-6-11(7-9-12)14(17-16)5-1-3-13-4-2-10-18-13/h6-9,13-14,17H,1-5,10,16H2. The average molecular weight is 269 g/mol. The lowest BCUT2D eigenvalue weighted by Gasteiger charge is -2.17. The Labute approximate surface area is 114 Å². The molecule has 3 nitrogen and oxygen atoms in total. The van der Waals surface area contributed by atoms with Crippen LogP contribution in [0.5, 0.6) is 0 Å². The van der Waals surface area contributed by atoms with Crippen molar-refractivity contribution in [3.05, 3.63) is 34.9 Å². The number of nitrogens with one attached hydrogen (secondary N) is 1. The first-order chi connectivity index (χ1) is 8.79. The number of ether oxygens (including phenoxy) is 1. The number of hydrogen-bond donors (Lipinski definition) is 2. The lowest BCUT2D eigenvalue weighted by atomic mass is 10.00. The first-order valence-electron chi connectivity index (χ1n) is 6.63. The van der Waals surface area contributed by atoms with Gasteiger partial charge in [-0.15, -0.1) is 0 Å². The van der Waals surface area contributed by atoms with E-state index in [4.69, 9.17) is 22.2 Å². The second-order valence-corrected chi connectivity index (χ2v) is 5.27. The van der Waals surface area contributed by atoms with Crippen LogP contribution in [0.4, 0.5) is 0 Å². The number of rotatable bonds is 6. The zero-order valence-electron chi connectivity index (χ0n) is 10.6. The molecule has 1 fully saturated rings. The molecule has 1 aliphatic heterocycles. The first kappa shape index (κ1) is 13.8. The van der Waals surface area contributed by atoms with Gasteiger partial charge in [-0.2, -0.15) is 0 Å². The molecule has 0 radical (unpaired) electrons. The van der Waals surface area contributed by atoms with Crippen molar-refractivity contribution in [1.29, 1.82) is 0 Å². The van der Waals surface area contributed by atoms with Gasteiger partial charge in [0.25, 0.3) is 0 Å². The molecule has 0 bridgehead atoms.